The number of piperidine rings is 1. The molecule has 0 aromatic rings. The van der Waals surface area contributed by atoms with E-state index in [1.54, 1.807) is 4.90 Å². The van der Waals surface area contributed by atoms with Gasteiger partial charge in [-0.2, -0.15) is 0 Å². The van der Waals surface area contributed by atoms with Crippen LogP contribution in [0.25, 0.3) is 0 Å². The Morgan fingerprint density at radius 3 is 2.26 bits per heavy atom. The molecule has 19 heavy (non-hydrogen) atoms. The van der Waals surface area contributed by atoms with Crippen LogP contribution in [0.15, 0.2) is 0 Å². The fourth-order valence-corrected chi connectivity index (χ4v) is 3.19. The number of carbonyl (C=O) groups is 2. The van der Waals surface area contributed by atoms with Gasteiger partial charge >= 0.3 is 12.0 Å². The van der Waals surface area contributed by atoms with Crippen LogP contribution in [-0.4, -0.2) is 41.1 Å². The number of hydrogen-bond donors (Lipinski definition) is 2. The lowest BCUT2D eigenvalue weighted by molar-refractivity contribution is -0.143. The predicted molar refractivity (Wildman–Crippen MR) is 71.9 cm³/mol. The molecule has 1 saturated carbocycles. The summed E-state index contributed by atoms with van der Waals surface area (Å²) in [4.78, 5) is 24.7. The molecule has 2 amide bonds. The van der Waals surface area contributed by atoms with Crippen molar-refractivity contribution >= 4 is 12.0 Å². The quantitative estimate of drug-likeness (QED) is 0.823. The lowest BCUT2D eigenvalue weighted by Crippen LogP contribution is -2.49. The summed E-state index contributed by atoms with van der Waals surface area (Å²) in [5, 5.41) is 12.0. The topological polar surface area (TPSA) is 69.6 Å². The fraction of sp³-hybridized carbons (Fsp3) is 0.857. The molecular weight excluding hydrogens is 244 g/mol. The molecule has 108 valence electrons. The van der Waals surface area contributed by atoms with E-state index in [-0.39, 0.29) is 18.0 Å². The molecule has 1 aliphatic heterocycles. The van der Waals surface area contributed by atoms with E-state index in [1.165, 1.54) is 25.7 Å². The third-order valence-corrected chi connectivity index (χ3v) is 4.59. The molecule has 0 aromatic heterocycles. The summed E-state index contributed by atoms with van der Waals surface area (Å²) >= 11 is 0. The first-order valence-corrected chi connectivity index (χ1v) is 7.36. The molecule has 1 atom stereocenters. The summed E-state index contributed by atoms with van der Waals surface area (Å²) in [7, 11) is 0. The lowest BCUT2D eigenvalue weighted by atomic mass is 9.97. The van der Waals surface area contributed by atoms with Gasteiger partial charge in [0.2, 0.25) is 0 Å². The molecule has 2 aliphatic rings. The minimum atomic E-state index is -0.737. The first-order chi connectivity index (χ1) is 9.08. The Balaban J connectivity index is 1.76. The summed E-state index contributed by atoms with van der Waals surface area (Å²) in [5.74, 6) is -0.406. The number of carboxylic acid groups (broad SMARTS) is 1. The highest BCUT2D eigenvalue weighted by molar-refractivity contribution is 5.75. The predicted octanol–water partition coefficient (Wildman–Crippen LogP) is 2.07. The molecule has 0 radical (unpaired) electrons. The Bertz CT molecular complexity index is 332. The number of carbonyl (C=O) groups excluding carboxylic acids is 1. The summed E-state index contributed by atoms with van der Waals surface area (Å²) in [6, 6.07) is 0.204. The molecule has 5 heteroatoms. The van der Waals surface area contributed by atoms with Crippen molar-refractivity contribution in [2.75, 3.05) is 13.1 Å². The summed E-state index contributed by atoms with van der Waals surface area (Å²) < 4.78 is 0. The monoisotopic (exact) mass is 268 g/mol. The lowest BCUT2D eigenvalue weighted by Gasteiger charge is -2.32. The van der Waals surface area contributed by atoms with E-state index in [0.29, 0.717) is 31.8 Å². The van der Waals surface area contributed by atoms with Crippen LogP contribution >= 0.6 is 0 Å². The number of carboxylic acids is 1. The molecule has 1 unspecified atom stereocenters. The zero-order chi connectivity index (χ0) is 13.8. The average molecular weight is 268 g/mol. The molecule has 2 rings (SSSR count). The Morgan fingerprint density at radius 2 is 1.74 bits per heavy atom. The highest BCUT2D eigenvalue weighted by Gasteiger charge is 2.29. The molecule has 1 aliphatic carbocycles. The second-order valence-electron chi connectivity index (χ2n) is 5.88. The summed E-state index contributed by atoms with van der Waals surface area (Å²) in [5.41, 5.74) is 0. The van der Waals surface area contributed by atoms with Gasteiger partial charge in [-0.05, 0) is 38.5 Å². The molecule has 1 heterocycles. The van der Waals surface area contributed by atoms with Crippen LogP contribution in [0.4, 0.5) is 4.79 Å². The van der Waals surface area contributed by atoms with Crippen molar-refractivity contribution in [1.29, 1.82) is 0 Å². The number of aliphatic carboxylic acids is 1. The smallest absolute Gasteiger partial charge is 0.317 e. The Hall–Kier alpha value is -1.26. The van der Waals surface area contributed by atoms with Crippen molar-refractivity contribution in [3.63, 3.8) is 0 Å². The number of likely N-dealkylation sites (tertiary alicyclic amines) is 1. The normalized spacial score (nSPS) is 23.3. The van der Waals surface area contributed by atoms with Crippen molar-refractivity contribution < 1.29 is 14.7 Å². The number of rotatable bonds is 3. The van der Waals surface area contributed by atoms with Crippen LogP contribution in [0.1, 0.15) is 45.4 Å². The minimum absolute atomic E-state index is 0.0248. The van der Waals surface area contributed by atoms with E-state index in [2.05, 4.69) is 12.2 Å². The van der Waals surface area contributed by atoms with Gasteiger partial charge in [0.05, 0.1) is 5.92 Å². The average Bonchev–Trinajstić information content (AvgIpc) is 2.92. The third-order valence-electron chi connectivity index (χ3n) is 4.59. The van der Waals surface area contributed by atoms with Crippen LogP contribution < -0.4 is 5.32 Å². The van der Waals surface area contributed by atoms with Crippen LogP contribution in [0.2, 0.25) is 0 Å². The maximum atomic E-state index is 12.1. The van der Waals surface area contributed by atoms with E-state index in [9.17, 15) is 9.59 Å². The van der Waals surface area contributed by atoms with Crippen LogP contribution in [-0.2, 0) is 4.79 Å². The highest BCUT2D eigenvalue weighted by Crippen LogP contribution is 2.27. The molecule has 5 nitrogen and oxygen atoms in total. The number of urea groups is 1. The van der Waals surface area contributed by atoms with Gasteiger partial charge in [-0.25, -0.2) is 4.79 Å². The number of amides is 2. The Kier molecular flexibility index (Phi) is 4.66. The first kappa shape index (κ1) is 14.2. The van der Waals surface area contributed by atoms with Gasteiger partial charge in [0.15, 0.2) is 0 Å². The van der Waals surface area contributed by atoms with Crippen molar-refractivity contribution in [1.82, 2.24) is 10.2 Å². The largest absolute Gasteiger partial charge is 0.481 e. The second-order valence-corrected chi connectivity index (χ2v) is 5.88. The fourth-order valence-electron chi connectivity index (χ4n) is 3.19. The van der Waals surface area contributed by atoms with E-state index >= 15 is 0 Å². The van der Waals surface area contributed by atoms with Crippen molar-refractivity contribution in [2.45, 2.75) is 51.5 Å². The third kappa shape index (κ3) is 3.61. The second kappa shape index (κ2) is 6.26. The number of hydrogen-bond acceptors (Lipinski definition) is 2. The maximum Gasteiger partial charge on any atom is 0.317 e. The first-order valence-electron chi connectivity index (χ1n) is 7.36. The van der Waals surface area contributed by atoms with Gasteiger partial charge in [0.1, 0.15) is 0 Å². The van der Waals surface area contributed by atoms with Gasteiger partial charge in [-0.15, -0.1) is 0 Å². The van der Waals surface area contributed by atoms with Crippen molar-refractivity contribution in [2.24, 2.45) is 11.8 Å². The molecule has 0 spiro atoms. The number of nitrogens with one attached hydrogen (secondary N) is 1. The highest BCUT2D eigenvalue weighted by atomic mass is 16.4. The van der Waals surface area contributed by atoms with Gasteiger partial charge in [-0.1, -0.05) is 12.8 Å². The summed E-state index contributed by atoms with van der Waals surface area (Å²) in [6.45, 7) is 3.19. The summed E-state index contributed by atoms with van der Waals surface area (Å²) in [6.07, 6.45) is 6.11. The van der Waals surface area contributed by atoms with Gasteiger partial charge < -0.3 is 15.3 Å². The zero-order valence-electron chi connectivity index (χ0n) is 11.6. The van der Waals surface area contributed by atoms with Gasteiger partial charge in [0.25, 0.3) is 0 Å². The Labute approximate surface area is 114 Å². The van der Waals surface area contributed by atoms with Crippen LogP contribution in [0.3, 0.4) is 0 Å². The molecular formula is C14H24N2O3. The van der Waals surface area contributed by atoms with Crippen molar-refractivity contribution in [3.8, 4) is 0 Å². The molecule has 2 N–H and O–H groups in total. The minimum Gasteiger partial charge on any atom is -0.481 e. The van der Waals surface area contributed by atoms with E-state index in [0.717, 1.165) is 0 Å². The van der Waals surface area contributed by atoms with Crippen LogP contribution in [0, 0.1) is 11.8 Å². The SMILES string of the molecule is CC(NC(=O)N1CCC(C(=O)O)CC1)C1CCCC1. The number of nitrogens with zero attached hydrogens (tertiary/aromatic N) is 1. The van der Waals surface area contributed by atoms with Crippen molar-refractivity contribution in [3.05, 3.63) is 0 Å². The standard InChI is InChI=1S/C14H24N2O3/c1-10(11-4-2-3-5-11)15-14(19)16-8-6-12(7-9-16)13(17)18/h10-12H,2-9H2,1H3,(H,15,19)(H,17,18). The van der Waals surface area contributed by atoms with Crippen LogP contribution in [0.5, 0.6) is 0 Å². The maximum absolute atomic E-state index is 12.1. The van der Waals surface area contributed by atoms with Gasteiger partial charge in [0, 0.05) is 19.1 Å². The van der Waals surface area contributed by atoms with Gasteiger partial charge in [-0.3, -0.25) is 4.79 Å². The zero-order valence-corrected chi connectivity index (χ0v) is 11.6. The molecule has 0 aromatic carbocycles. The van der Waals surface area contributed by atoms with E-state index < -0.39 is 5.97 Å². The van der Waals surface area contributed by atoms with E-state index in [4.69, 9.17) is 5.11 Å². The molecule has 0 bridgehead atoms. The molecule has 1 saturated heterocycles. The van der Waals surface area contributed by atoms with E-state index in [1.807, 2.05) is 0 Å². The Morgan fingerprint density at radius 1 is 1.16 bits per heavy atom. The molecule has 2 fully saturated rings.